The summed E-state index contributed by atoms with van der Waals surface area (Å²) in [5.74, 6) is 0. The van der Waals surface area contributed by atoms with E-state index in [1.807, 2.05) is 0 Å². The molecular weight excluding hydrogens is 130 g/mol. The van der Waals surface area contributed by atoms with Crippen LogP contribution in [0.15, 0.2) is 5.16 Å². The highest BCUT2D eigenvalue weighted by Crippen LogP contribution is 1.74. The molecule has 0 amide bonds. The molecule has 0 radical (unpaired) electrons. The zero-order chi connectivity index (χ0) is 6.62. The zero-order valence-electron chi connectivity index (χ0n) is 4.66. The average molecular weight is 137 g/mol. The third kappa shape index (κ3) is 5.42. The van der Waals surface area contributed by atoms with Gasteiger partial charge in [-0.15, -0.1) is 0 Å². The van der Waals surface area contributed by atoms with Crippen LogP contribution in [0.3, 0.4) is 0 Å². The monoisotopic (exact) mass is 137 g/mol. The first kappa shape index (κ1) is 7.42. The van der Waals surface area contributed by atoms with E-state index in [4.69, 9.17) is 0 Å². The van der Waals surface area contributed by atoms with Gasteiger partial charge in [0.15, 0.2) is 15.4 Å². The largest absolute Gasteiger partial charge is 0.399 e. The fourth-order valence-electron chi connectivity index (χ4n) is 0.121. The molecule has 4 nitrogen and oxygen atoms in total. The van der Waals surface area contributed by atoms with Gasteiger partial charge in [0.2, 0.25) is 0 Å². The average Bonchev–Trinajstić information content (AvgIpc) is 1.59. The van der Waals surface area contributed by atoms with E-state index in [2.05, 4.69) is 9.99 Å². The van der Waals surface area contributed by atoms with Gasteiger partial charge in [0.05, 0.1) is 0 Å². The molecule has 0 rings (SSSR count). The van der Waals surface area contributed by atoms with Gasteiger partial charge < -0.3 is 4.84 Å². The Morgan fingerprint density at radius 2 is 2.12 bits per heavy atom. The Labute approximate surface area is 48.1 Å². The van der Waals surface area contributed by atoms with Gasteiger partial charge in [-0.3, -0.25) is 0 Å². The van der Waals surface area contributed by atoms with Crippen LogP contribution in [0.5, 0.6) is 0 Å². The van der Waals surface area contributed by atoms with Gasteiger partial charge in [0.1, 0.15) is 7.11 Å². The Morgan fingerprint density at radius 1 is 1.62 bits per heavy atom. The van der Waals surface area contributed by atoms with Crippen molar-refractivity contribution in [3.63, 3.8) is 0 Å². The lowest BCUT2D eigenvalue weighted by Crippen LogP contribution is -1.95. The van der Waals surface area contributed by atoms with Crippen LogP contribution in [0.25, 0.3) is 0 Å². The molecule has 0 spiro atoms. The van der Waals surface area contributed by atoms with Gasteiger partial charge in [-0.1, -0.05) is 5.16 Å². The minimum atomic E-state index is -3.10. The Balaban J connectivity index is 3.92. The minimum Gasteiger partial charge on any atom is -0.399 e. The summed E-state index contributed by atoms with van der Waals surface area (Å²) in [6.07, 6.45) is 1.04. The quantitative estimate of drug-likeness (QED) is 0.296. The lowest BCUT2D eigenvalue weighted by molar-refractivity contribution is 0.216. The smallest absolute Gasteiger partial charge is 0.189 e. The van der Waals surface area contributed by atoms with E-state index >= 15 is 0 Å². The van der Waals surface area contributed by atoms with Crippen molar-refractivity contribution >= 4 is 15.4 Å². The van der Waals surface area contributed by atoms with Crippen molar-refractivity contribution in [2.24, 2.45) is 5.16 Å². The number of nitrogens with zero attached hydrogens (tertiary/aromatic N) is 1. The van der Waals surface area contributed by atoms with Crippen molar-refractivity contribution in [2.75, 3.05) is 13.4 Å². The molecule has 0 aromatic rings. The molecule has 0 unspecified atom stereocenters. The molecule has 0 aliphatic rings. The van der Waals surface area contributed by atoms with Crippen molar-refractivity contribution in [3.8, 4) is 0 Å². The maximum atomic E-state index is 10.2. The molecule has 0 aliphatic carbocycles. The van der Waals surface area contributed by atoms with Crippen LogP contribution in [0.1, 0.15) is 0 Å². The van der Waals surface area contributed by atoms with Crippen LogP contribution in [-0.4, -0.2) is 27.3 Å². The van der Waals surface area contributed by atoms with Crippen molar-refractivity contribution in [2.45, 2.75) is 0 Å². The summed E-state index contributed by atoms with van der Waals surface area (Å²) in [5.41, 5.74) is 0.743. The zero-order valence-corrected chi connectivity index (χ0v) is 5.47. The van der Waals surface area contributed by atoms with Gasteiger partial charge in [-0.25, -0.2) is 8.42 Å². The maximum Gasteiger partial charge on any atom is 0.189 e. The summed E-state index contributed by atoms with van der Waals surface area (Å²) in [5, 5.41) is 3.03. The highest BCUT2D eigenvalue weighted by molar-refractivity contribution is 8.03. The first-order chi connectivity index (χ1) is 3.56. The molecule has 0 bridgehead atoms. The fraction of sp³-hybridized carbons (Fsp3) is 0.667. The van der Waals surface area contributed by atoms with Crippen molar-refractivity contribution < 1.29 is 13.3 Å². The molecule has 0 heterocycles. The summed E-state index contributed by atoms with van der Waals surface area (Å²) in [7, 11) is -1.82. The summed E-state index contributed by atoms with van der Waals surface area (Å²) >= 11 is 0. The second-order valence-electron chi connectivity index (χ2n) is 1.22. The summed E-state index contributed by atoms with van der Waals surface area (Å²) in [6, 6.07) is 0. The van der Waals surface area contributed by atoms with Crippen LogP contribution in [-0.2, 0) is 14.7 Å². The van der Waals surface area contributed by atoms with Crippen LogP contribution in [0.2, 0.25) is 0 Å². The topological polar surface area (TPSA) is 55.7 Å². The van der Waals surface area contributed by atoms with E-state index in [1.165, 1.54) is 7.11 Å². The Hall–Kier alpha value is -0.580. The van der Waals surface area contributed by atoms with Gasteiger partial charge in [0, 0.05) is 6.26 Å². The van der Waals surface area contributed by atoms with E-state index in [0.717, 1.165) is 11.8 Å². The third-order valence-corrected chi connectivity index (χ3v) is 0.809. The van der Waals surface area contributed by atoms with Gasteiger partial charge in [-0.05, 0) is 0 Å². The second-order valence-corrected chi connectivity index (χ2v) is 3.09. The molecular formula is C3H7NO3S. The van der Waals surface area contributed by atoms with Crippen LogP contribution in [0.4, 0.5) is 0 Å². The van der Waals surface area contributed by atoms with E-state index in [9.17, 15) is 8.42 Å². The number of sulfone groups is 1. The normalized spacial score (nSPS) is 12.2. The van der Waals surface area contributed by atoms with E-state index < -0.39 is 9.84 Å². The number of oxime groups is 1. The minimum absolute atomic E-state index is 0.743. The lowest BCUT2D eigenvalue weighted by atomic mass is 11.7. The van der Waals surface area contributed by atoms with Crippen LogP contribution in [0, 0.1) is 0 Å². The van der Waals surface area contributed by atoms with E-state index in [0.29, 0.717) is 0 Å². The molecule has 0 saturated carbocycles. The molecule has 0 aromatic heterocycles. The number of hydrogen-bond acceptors (Lipinski definition) is 4. The molecule has 5 heteroatoms. The van der Waals surface area contributed by atoms with Crippen molar-refractivity contribution in [1.29, 1.82) is 0 Å². The van der Waals surface area contributed by atoms with Gasteiger partial charge in [0.25, 0.3) is 0 Å². The van der Waals surface area contributed by atoms with Gasteiger partial charge in [-0.2, -0.15) is 0 Å². The highest BCUT2D eigenvalue weighted by Gasteiger charge is 1.91. The fourth-order valence-corrected chi connectivity index (χ4v) is 0.364. The summed E-state index contributed by atoms with van der Waals surface area (Å²) in [4.78, 5) is 4.11. The number of rotatable bonds is 2. The van der Waals surface area contributed by atoms with Crippen molar-refractivity contribution in [1.82, 2.24) is 0 Å². The summed E-state index contributed by atoms with van der Waals surface area (Å²) < 4.78 is 20.3. The maximum absolute atomic E-state index is 10.2. The number of hydrogen-bond donors (Lipinski definition) is 0. The first-order valence-electron chi connectivity index (χ1n) is 1.83. The van der Waals surface area contributed by atoms with Crippen LogP contribution < -0.4 is 0 Å². The predicted octanol–water partition coefficient (Wildman–Crippen LogP) is -0.379. The standard InChI is InChI=1S/C3H7NO3S/c1-7-4-3-8(2,5)6/h3H,1-2H3. The highest BCUT2D eigenvalue weighted by atomic mass is 32.2. The summed E-state index contributed by atoms with van der Waals surface area (Å²) in [6.45, 7) is 0. The molecule has 0 aromatic carbocycles. The molecule has 0 saturated heterocycles. The second kappa shape index (κ2) is 2.66. The van der Waals surface area contributed by atoms with E-state index in [1.54, 1.807) is 0 Å². The SMILES string of the molecule is CON=CS(C)(=O)=O. The Morgan fingerprint density at radius 3 is 2.25 bits per heavy atom. The molecule has 0 aliphatic heterocycles. The predicted molar refractivity (Wildman–Crippen MR) is 30.3 cm³/mol. The Kier molecular flexibility index (Phi) is 2.47. The first-order valence-corrected chi connectivity index (χ1v) is 3.78. The molecule has 0 atom stereocenters. The van der Waals surface area contributed by atoms with E-state index in [-0.39, 0.29) is 0 Å². The lowest BCUT2D eigenvalue weighted by Gasteiger charge is -1.82. The molecule has 0 N–H and O–H groups in total. The molecule has 8 heavy (non-hydrogen) atoms. The van der Waals surface area contributed by atoms with Crippen LogP contribution >= 0.6 is 0 Å². The van der Waals surface area contributed by atoms with Gasteiger partial charge >= 0.3 is 0 Å². The molecule has 48 valence electrons. The Bertz CT molecular complexity index is 169. The third-order valence-electron chi connectivity index (χ3n) is 0.340. The van der Waals surface area contributed by atoms with Crippen molar-refractivity contribution in [3.05, 3.63) is 0 Å². The molecule has 0 fully saturated rings.